The van der Waals surface area contributed by atoms with Crippen LogP contribution in [0.5, 0.6) is 5.75 Å². The first-order valence-electron chi connectivity index (χ1n) is 6.12. The van der Waals surface area contributed by atoms with Crippen LogP contribution in [0, 0.1) is 0 Å². The molecule has 21 heavy (non-hydrogen) atoms. The van der Waals surface area contributed by atoms with Crippen LogP contribution >= 0.6 is 23.2 Å². The van der Waals surface area contributed by atoms with Gasteiger partial charge in [0.15, 0.2) is 0 Å². The number of hydrogen-bond acceptors (Lipinski definition) is 2. The monoisotopic (exact) mass is 322 g/mol. The largest absolute Gasteiger partial charge is 0.489 e. The Kier molecular flexibility index (Phi) is 5.26. The van der Waals surface area contributed by atoms with E-state index in [0.29, 0.717) is 15.8 Å². The van der Waals surface area contributed by atoms with Gasteiger partial charge in [0, 0.05) is 16.1 Å². The lowest BCUT2D eigenvalue weighted by Gasteiger charge is -2.09. The Bertz CT molecular complexity index is 661. The van der Waals surface area contributed by atoms with Gasteiger partial charge < -0.3 is 9.84 Å². The molecule has 0 aliphatic heterocycles. The zero-order valence-corrected chi connectivity index (χ0v) is 12.4. The maximum Gasteiger partial charge on any atom is 0.328 e. The lowest BCUT2D eigenvalue weighted by Crippen LogP contribution is -1.98. The number of aliphatic carboxylic acids is 1. The van der Waals surface area contributed by atoms with Crippen molar-refractivity contribution in [3.63, 3.8) is 0 Å². The average Bonchev–Trinajstić information content (AvgIpc) is 2.42. The first-order valence-corrected chi connectivity index (χ1v) is 6.88. The standard InChI is InChI=1S/C16H12Cl2O3/c17-13-7-14(18)9-15(8-13)21-10-12-4-2-1-3-11(12)5-6-16(19)20/h1-9H,10H2,(H,19,20). The fourth-order valence-corrected chi connectivity index (χ4v) is 2.27. The Morgan fingerprint density at radius 2 is 1.81 bits per heavy atom. The summed E-state index contributed by atoms with van der Waals surface area (Å²) in [5.74, 6) is -0.433. The number of benzene rings is 2. The van der Waals surface area contributed by atoms with Crippen molar-refractivity contribution >= 4 is 35.2 Å². The fraction of sp³-hybridized carbons (Fsp3) is 0.0625. The molecule has 0 spiro atoms. The number of hydrogen-bond donors (Lipinski definition) is 1. The van der Waals surface area contributed by atoms with E-state index in [0.717, 1.165) is 17.2 Å². The van der Waals surface area contributed by atoms with Crippen LogP contribution in [0.2, 0.25) is 10.0 Å². The molecule has 2 aromatic rings. The lowest BCUT2D eigenvalue weighted by atomic mass is 10.1. The summed E-state index contributed by atoms with van der Waals surface area (Å²) in [5, 5.41) is 9.68. The Hall–Kier alpha value is -1.97. The first kappa shape index (κ1) is 15.4. The van der Waals surface area contributed by atoms with Crippen molar-refractivity contribution in [2.24, 2.45) is 0 Å². The Balaban J connectivity index is 2.14. The topological polar surface area (TPSA) is 46.5 Å². The highest BCUT2D eigenvalue weighted by atomic mass is 35.5. The molecule has 1 N–H and O–H groups in total. The van der Waals surface area contributed by atoms with E-state index < -0.39 is 5.97 Å². The summed E-state index contributed by atoms with van der Waals surface area (Å²) in [6.07, 6.45) is 2.63. The molecule has 3 nitrogen and oxygen atoms in total. The predicted octanol–water partition coefficient (Wildman–Crippen LogP) is 4.67. The summed E-state index contributed by atoms with van der Waals surface area (Å²) in [6, 6.07) is 12.4. The quantitative estimate of drug-likeness (QED) is 0.813. The molecule has 0 unspecified atom stereocenters. The fourth-order valence-electron chi connectivity index (χ4n) is 1.76. The summed E-state index contributed by atoms with van der Waals surface area (Å²) in [6.45, 7) is 0.288. The molecule has 0 radical (unpaired) electrons. The summed E-state index contributed by atoms with van der Waals surface area (Å²) in [4.78, 5) is 10.6. The summed E-state index contributed by atoms with van der Waals surface area (Å²) in [5.41, 5.74) is 1.65. The molecule has 5 heteroatoms. The van der Waals surface area contributed by atoms with Crippen molar-refractivity contribution in [3.8, 4) is 5.75 Å². The Labute approximate surface area is 132 Å². The Morgan fingerprint density at radius 1 is 1.14 bits per heavy atom. The van der Waals surface area contributed by atoms with Gasteiger partial charge in [0.05, 0.1) is 0 Å². The smallest absolute Gasteiger partial charge is 0.328 e. The van der Waals surface area contributed by atoms with Crippen LogP contribution in [-0.4, -0.2) is 11.1 Å². The molecule has 0 heterocycles. The SMILES string of the molecule is O=C(O)C=Cc1ccccc1COc1cc(Cl)cc(Cl)c1. The second-order valence-electron chi connectivity index (χ2n) is 4.26. The van der Waals surface area contributed by atoms with Gasteiger partial charge in [-0.25, -0.2) is 4.79 Å². The number of rotatable bonds is 5. The van der Waals surface area contributed by atoms with E-state index in [1.54, 1.807) is 18.2 Å². The number of carboxylic acid groups (broad SMARTS) is 1. The van der Waals surface area contributed by atoms with Crippen molar-refractivity contribution in [2.75, 3.05) is 0 Å². The molecule has 0 atom stereocenters. The molecule has 0 amide bonds. The molecule has 0 fully saturated rings. The van der Waals surface area contributed by atoms with Crippen LogP contribution in [0.15, 0.2) is 48.5 Å². The maximum absolute atomic E-state index is 10.6. The number of halogens is 2. The van der Waals surface area contributed by atoms with E-state index in [-0.39, 0.29) is 6.61 Å². The molecule has 0 aliphatic carbocycles. The van der Waals surface area contributed by atoms with Crippen LogP contribution in [-0.2, 0) is 11.4 Å². The van der Waals surface area contributed by atoms with Gasteiger partial charge >= 0.3 is 5.97 Å². The third-order valence-electron chi connectivity index (χ3n) is 2.69. The molecule has 0 aliphatic rings. The molecule has 108 valence electrons. The van der Waals surface area contributed by atoms with E-state index in [2.05, 4.69) is 0 Å². The minimum Gasteiger partial charge on any atom is -0.489 e. The van der Waals surface area contributed by atoms with Gasteiger partial charge in [-0.05, 0) is 35.4 Å². The third-order valence-corrected chi connectivity index (χ3v) is 3.13. The third kappa shape index (κ3) is 4.81. The molecule has 2 rings (SSSR count). The Morgan fingerprint density at radius 3 is 2.48 bits per heavy atom. The number of carbonyl (C=O) groups is 1. The minimum absolute atomic E-state index is 0.288. The molecule has 0 saturated heterocycles. The molecular formula is C16H12Cl2O3. The summed E-state index contributed by atoms with van der Waals surface area (Å²) < 4.78 is 5.65. The number of carboxylic acids is 1. The number of ether oxygens (including phenoxy) is 1. The zero-order valence-electron chi connectivity index (χ0n) is 10.9. The van der Waals surface area contributed by atoms with E-state index in [9.17, 15) is 4.79 Å². The second-order valence-corrected chi connectivity index (χ2v) is 5.14. The van der Waals surface area contributed by atoms with Crippen LogP contribution in [0.4, 0.5) is 0 Å². The highest BCUT2D eigenvalue weighted by Gasteiger charge is 2.03. The van der Waals surface area contributed by atoms with Crippen LogP contribution in [0.1, 0.15) is 11.1 Å². The molecule has 0 saturated carbocycles. The van der Waals surface area contributed by atoms with Crippen LogP contribution in [0.25, 0.3) is 6.08 Å². The molecule has 2 aromatic carbocycles. The van der Waals surface area contributed by atoms with Gasteiger partial charge in [0.25, 0.3) is 0 Å². The highest BCUT2D eigenvalue weighted by Crippen LogP contribution is 2.25. The van der Waals surface area contributed by atoms with Gasteiger partial charge in [-0.1, -0.05) is 47.5 Å². The van der Waals surface area contributed by atoms with E-state index in [4.69, 9.17) is 33.0 Å². The van der Waals surface area contributed by atoms with Gasteiger partial charge in [-0.15, -0.1) is 0 Å². The average molecular weight is 323 g/mol. The van der Waals surface area contributed by atoms with Crippen LogP contribution < -0.4 is 4.74 Å². The molecule has 0 aromatic heterocycles. The summed E-state index contributed by atoms with van der Waals surface area (Å²) in [7, 11) is 0. The second kappa shape index (κ2) is 7.16. The first-order chi connectivity index (χ1) is 10.0. The van der Waals surface area contributed by atoms with Gasteiger partial charge in [0.2, 0.25) is 0 Å². The zero-order chi connectivity index (χ0) is 15.2. The van der Waals surface area contributed by atoms with E-state index in [1.807, 2.05) is 24.3 Å². The molecular weight excluding hydrogens is 311 g/mol. The van der Waals surface area contributed by atoms with Gasteiger partial charge in [-0.2, -0.15) is 0 Å². The highest BCUT2D eigenvalue weighted by molar-refractivity contribution is 6.34. The van der Waals surface area contributed by atoms with Crippen LogP contribution in [0.3, 0.4) is 0 Å². The van der Waals surface area contributed by atoms with Gasteiger partial charge in [0.1, 0.15) is 12.4 Å². The predicted molar refractivity (Wildman–Crippen MR) is 83.9 cm³/mol. The summed E-state index contributed by atoms with van der Waals surface area (Å²) >= 11 is 11.8. The maximum atomic E-state index is 10.6. The van der Waals surface area contributed by atoms with Crippen molar-refractivity contribution in [3.05, 3.63) is 69.7 Å². The van der Waals surface area contributed by atoms with E-state index >= 15 is 0 Å². The normalized spacial score (nSPS) is 10.8. The van der Waals surface area contributed by atoms with Crippen molar-refractivity contribution in [1.29, 1.82) is 0 Å². The molecule has 0 bridgehead atoms. The minimum atomic E-state index is -0.993. The van der Waals surface area contributed by atoms with Crippen molar-refractivity contribution in [2.45, 2.75) is 6.61 Å². The van der Waals surface area contributed by atoms with Crippen molar-refractivity contribution < 1.29 is 14.6 Å². The van der Waals surface area contributed by atoms with E-state index in [1.165, 1.54) is 6.08 Å². The lowest BCUT2D eigenvalue weighted by molar-refractivity contribution is -0.131. The van der Waals surface area contributed by atoms with Gasteiger partial charge in [-0.3, -0.25) is 0 Å². The van der Waals surface area contributed by atoms with Crippen molar-refractivity contribution in [1.82, 2.24) is 0 Å².